The summed E-state index contributed by atoms with van der Waals surface area (Å²) in [4.78, 5) is 14.3. The number of carbonyl (C=O) groups is 1. The number of anilines is 1. The SMILES string of the molecule is Cc1ccc(C)c(NC(=O)CC2CCN(C)C2)c1. The number of amides is 1. The van der Waals surface area contributed by atoms with Gasteiger partial charge >= 0.3 is 0 Å². The van der Waals surface area contributed by atoms with E-state index in [1.165, 1.54) is 5.56 Å². The zero-order valence-corrected chi connectivity index (χ0v) is 11.5. The molecule has 0 aromatic heterocycles. The summed E-state index contributed by atoms with van der Waals surface area (Å²) in [5, 5.41) is 3.04. The van der Waals surface area contributed by atoms with E-state index < -0.39 is 0 Å². The molecule has 1 aliphatic rings. The summed E-state index contributed by atoms with van der Waals surface area (Å²) >= 11 is 0. The number of likely N-dealkylation sites (tertiary alicyclic amines) is 1. The van der Waals surface area contributed by atoms with E-state index in [-0.39, 0.29) is 5.91 Å². The average Bonchev–Trinajstić information content (AvgIpc) is 2.69. The number of nitrogens with zero attached hydrogens (tertiary/aromatic N) is 1. The summed E-state index contributed by atoms with van der Waals surface area (Å²) in [7, 11) is 2.11. The second kappa shape index (κ2) is 5.53. The van der Waals surface area contributed by atoms with Crippen LogP contribution < -0.4 is 5.32 Å². The van der Waals surface area contributed by atoms with Gasteiger partial charge in [0.2, 0.25) is 5.91 Å². The molecule has 2 rings (SSSR count). The quantitative estimate of drug-likeness (QED) is 0.889. The summed E-state index contributed by atoms with van der Waals surface area (Å²) < 4.78 is 0. The van der Waals surface area contributed by atoms with Crippen LogP contribution in [-0.2, 0) is 4.79 Å². The van der Waals surface area contributed by atoms with Crippen LogP contribution in [0.1, 0.15) is 24.0 Å². The van der Waals surface area contributed by atoms with Gasteiger partial charge in [0.05, 0.1) is 0 Å². The molecule has 1 amide bonds. The second-order valence-corrected chi connectivity index (χ2v) is 5.49. The largest absolute Gasteiger partial charge is 0.326 e. The molecule has 0 bridgehead atoms. The Kier molecular flexibility index (Phi) is 4.02. The normalized spacial score (nSPS) is 20.1. The molecular formula is C15H22N2O. The maximum absolute atomic E-state index is 12.0. The maximum Gasteiger partial charge on any atom is 0.224 e. The van der Waals surface area contributed by atoms with Crippen LogP contribution in [0.15, 0.2) is 18.2 Å². The van der Waals surface area contributed by atoms with E-state index in [0.29, 0.717) is 12.3 Å². The van der Waals surface area contributed by atoms with Crippen LogP contribution in [0.25, 0.3) is 0 Å². The maximum atomic E-state index is 12.0. The predicted octanol–water partition coefficient (Wildman–Crippen LogP) is 2.58. The monoisotopic (exact) mass is 246 g/mol. The van der Waals surface area contributed by atoms with Gasteiger partial charge in [0.25, 0.3) is 0 Å². The Balaban J connectivity index is 1.92. The van der Waals surface area contributed by atoms with Crippen molar-refractivity contribution in [3.63, 3.8) is 0 Å². The van der Waals surface area contributed by atoms with E-state index in [4.69, 9.17) is 0 Å². The fraction of sp³-hybridized carbons (Fsp3) is 0.533. The van der Waals surface area contributed by atoms with Crippen molar-refractivity contribution < 1.29 is 4.79 Å². The molecule has 1 fully saturated rings. The lowest BCUT2D eigenvalue weighted by Gasteiger charge is -2.12. The molecule has 3 nitrogen and oxygen atoms in total. The van der Waals surface area contributed by atoms with E-state index in [1.807, 2.05) is 26.0 Å². The van der Waals surface area contributed by atoms with Gasteiger partial charge in [-0.1, -0.05) is 12.1 Å². The molecule has 1 N–H and O–H groups in total. The number of rotatable bonds is 3. The fourth-order valence-electron chi connectivity index (χ4n) is 2.53. The van der Waals surface area contributed by atoms with Crippen LogP contribution in [0.4, 0.5) is 5.69 Å². The molecule has 1 heterocycles. The number of benzene rings is 1. The van der Waals surface area contributed by atoms with Crippen LogP contribution in [-0.4, -0.2) is 30.9 Å². The van der Waals surface area contributed by atoms with Crippen molar-refractivity contribution in [2.24, 2.45) is 5.92 Å². The van der Waals surface area contributed by atoms with Crippen molar-refractivity contribution in [1.29, 1.82) is 0 Å². The number of hydrogen-bond donors (Lipinski definition) is 1. The molecule has 3 heteroatoms. The molecule has 1 unspecified atom stereocenters. The molecule has 1 atom stereocenters. The van der Waals surface area contributed by atoms with Gasteiger partial charge in [-0.25, -0.2) is 0 Å². The van der Waals surface area contributed by atoms with Gasteiger partial charge in [-0.2, -0.15) is 0 Å². The lowest BCUT2D eigenvalue weighted by molar-refractivity contribution is -0.117. The predicted molar refractivity (Wildman–Crippen MR) is 74.8 cm³/mol. The van der Waals surface area contributed by atoms with Gasteiger partial charge in [-0.3, -0.25) is 4.79 Å². The van der Waals surface area contributed by atoms with E-state index in [1.54, 1.807) is 0 Å². The minimum atomic E-state index is 0.143. The Morgan fingerprint density at radius 2 is 2.22 bits per heavy atom. The van der Waals surface area contributed by atoms with Gasteiger partial charge in [0, 0.05) is 18.7 Å². The first kappa shape index (κ1) is 13.1. The molecule has 1 aromatic carbocycles. The molecule has 18 heavy (non-hydrogen) atoms. The number of aryl methyl sites for hydroxylation is 2. The lowest BCUT2D eigenvalue weighted by atomic mass is 10.0. The zero-order chi connectivity index (χ0) is 13.1. The highest BCUT2D eigenvalue weighted by molar-refractivity contribution is 5.91. The van der Waals surface area contributed by atoms with Gasteiger partial charge < -0.3 is 10.2 Å². The Morgan fingerprint density at radius 1 is 1.44 bits per heavy atom. The lowest BCUT2D eigenvalue weighted by Crippen LogP contribution is -2.19. The molecule has 1 saturated heterocycles. The standard InChI is InChI=1S/C15H22N2O/c1-11-4-5-12(2)14(8-11)16-15(18)9-13-6-7-17(3)10-13/h4-5,8,13H,6-7,9-10H2,1-3H3,(H,16,18). The van der Waals surface area contributed by atoms with Crippen molar-refractivity contribution in [3.8, 4) is 0 Å². The first-order valence-electron chi connectivity index (χ1n) is 6.60. The van der Waals surface area contributed by atoms with Crippen molar-refractivity contribution in [3.05, 3.63) is 29.3 Å². The van der Waals surface area contributed by atoms with E-state index in [2.05, 4.69) is 23.3 Å². The first-order valence-corrected chi connectivity index (χ1v) is 6.60. The molecular weight excluding hydrogens is 224 g/mol. The molecule has 0 radical (unpaired) electrons. The highest BCUT2D eigenvalue weighted by Crippen LogP contribution is 2.20. The highest BCUT2D eigenvalue weighted by atomic mass is 16.1. The van der Waals surface area contributed by atoms with Crippen LogP contribution in [0.3, 0.4) is 0 Å². The molecule has 0 saturated carbocycles. The van der Waals surface area contributed by atoms with Crippen LogP contribution in [0.2, 0.25) is 0 Å². The minimum absolute atomic E-state index is 0.143. The van der Waals surface area contributed by atoms with Crippen molar-refractivity contribution >= 4 is 11.6 Å². The third-order valence-corrected chi connectivity index (χ3v) is 3.63. The van der Waals surface area contributed by atoms with Gasteiger partial charge in [0.15, 0.2) is 0 Å². The molecule has 1 aliphatic heterocycles. The summed E-state index contributed by atoms with van der Waals surface area (Å²) in [6, 6.07) is 6.15. The summed E-state index contributed by atoms with van der Waals surface area (Å²) in [5.74, 6) is 0.657. The van der Waals surface area contributed by atoms with Crippen LogP contribution in [0, 0.1) is 19.8 Å². The summed E-state index contributed by atoms with van der Waals surface area (Å²) in [6.07, 6.45) is 1.77. The summed E-state index contributed by atoms with van der Waals surface area (Å²) in [6.45, 7) is 6.22. The zero-order valence-electron chi connectivity index (χ0n) is 11.5. The van der Waals surface area contributed by atoms with E-state index in [9.17, 15) is 4.79 Å². The van der Waals surface area contributed by atoms with Crippen LogP contribution in [0.5, 0.6) is 0 Å². The Morgan fingerprint density at radius 3 is 2.89 bits per heavy atom. The summed E-state index contributed by atoms with van der Waals surface area (Å²) in [5.41, 5.74) is 3.25. The van der Waals surface area contributed by atoms with Gasteiger partial charge in [-0.05, 0) is 57.0 Å². The smallest absolute Gasteiger partial charge is 0.224 e. The average molecular weight is 246 g/mol. The van der Waals surface area contributed by atoms with Crippen molar-refractivity contribution in [2.75, 3.05) is 25.5 Å². The fourth-order valence-corrected chi connectivity index (χ4v) is 2.53. The Labute approximate surface area is 109 Å². The van der Waals surface area contributed by atoms with Gasteiger partial charge in [0.1, 0.15) is 0 Å². The molecule has 98 valence electrons. The Hall–Kier alpha value is -1.35. The third-order valence-electron chi connectivity index (χ3n) is 3.63. The molecule has 0 aliphatic carbocycles. The Bertz CT molecular complexity index is 442. The molecule has 0 spiro atoms. The third kappa shape index (κ3) is 3.33. The van der Waals surface area contributed by atoms with Gasteiger partial charge in [-0.15, -0.1) is 0 Å². The second-order valence-electron chi connectivity index (χ2n) is 5.49. The van der Waals surface area contributed by atoms with E-state index >= 15 is 0 Å². The van der Waals surface area contributed by atoms with Crippen molar-refractivity contribution in [2.45, 2.75) is 26.7 Å². The van der Waals surface area contributed by atoms with Crippen molar-refractivity contribution in [1.82, 2.24) is 4.90 Å². The van der Waals surface area contributed by atoms with Crippen LogP contribution >= 0.6 is 0 Å². The highest BCUT2D eigenvalue weighted by Gasteiger charge is 2.22. The number of nitrogens with one attached hydrogen (secondary N) is 1. The topological polar surface area (TPSA) is 32.3 Å². The molecule has 1 aromatic rings. The minimum Gasteiger partial charge on any atom is -0.326 e. The first-order chi connectivity index (χ1) is 8.54. The van der Waals surface area contributed by atoms with E-state index in [0.717, 1.165) is 30.8 Å². The number of carbonyl (C=O) groups excluding carboxylic acids is 1. The number of hydrogen-bond acceptors (Lipinski definition) is 2.